The van der Waals surface area contributed by atoms with Gasteiger partial charge in [0.15, 0.2) is 17.2 Å². The molecule has 5 rings (SSSR count). The molecule has 1 aromatic carbocycles. The third-order valence-electron chi connectivity index (χ3n) is 13.7. The van der Waals surface area contributed by atoms with Gasteiger partial charge in [0.05, 0.1) is 70.4 Å². The summed E-state index contributed by atoms with van der Waals surface area (Å²) >= 11 is 0. The number of allylic oxidation sites excluding steroid dienone is 2. The Morgan fingerprint density at radius 3 is 2.26 bits per heavy atom. The number of likely N-dealkylation sites (N-methyl/N-ethyl adjacent to an activating group) is 1. The summed E-state index contributed by atoms with van der Waals surface area (Å²) in [7, 11) is 1.71. The van der Waals surface area contributed by atoms with E-state index in [1.54, 1.807) is 24.2 Å². The van der Waals surface area contributed by atoms with Gasteiger partial charge >= 0.3 is 6.18 Å². The van der Waals surface area contributed by atoms with Gasteiger partial charge in [-0.25, -0.2) is 4.39 Å². The van der Waals surface area contributed by atoms with E-state index in [2.05, 4.69) is 32.6 Å². The molecule has 1 aliphatic carbocycles. The van der Waals surface area contributed by atoms with Crippen molar-refractivity contribution in [3.05, 3.63) is 77.3 Å². The monoisotopic (exact) mass is 1080 g/mol. The zero-order valence-electron chi connectivity index (χ0n) is 43.3. The average Bonchev–Trinajstić information content (AvgIpc) is 3.85. The number of aliphatic imine (C=N–C) groups is 1. The van der Waals surface area contributed by atoms with Gasteiger partial charge in [-0.05, 0) is 76.9 Å². The number of hydrogen-bond acceptors (Lipinski definition) is 14. The molecular weight excluding hydrogens is 1010 g/mol. The van der Waals surface area contributed by atoms with Crippen molar-refractivity contribution in [2.75, 3.05) is 84.9 Å². The number of carbonyl (C=O) groups is 5. The fraction of sp³-hybridized carbons (Fsp3) is 0.596. The number of rotatable bonds is 30. The zero-order chi connectivity index (χ0) is 55.4. The molecule has 0 radical (unpaired) electrons. The number of hydrogen-bond donors (Lipinski definition) is 4. The second kappa shape index (κ2) is 29.6. The maximum absolute atomic E-state index is 15.4. The SMILES string of the molecule is C=N/C=C\C=C(/C)[C@@H]1[C@@H](C(=O)NCCOC2CCC(OCCOCCOCCC(=O)NCCCOCCOc3c([C@H]4[C@H](C(=O)Nc5ccnc(C(N)=O)c5)O[C@@](C)(C(F)(F)F)[C@H]4C)ccc(F)c3F)CC2)CC(=O)N1C. The number of primary amides is 1. The first-order chi connectivity index (χ1) is 36.3. The van der Waals surface area contributed by atoms with E-state index in [4.69, 9.17) is 38.9 Å². The Balaban J connectivity index is 0.892. The number of aromatic nitrogens is 1. The third-order valence-corrected chi connectivity index (χ3v) is 13.7. The van der Waals surface area contributed by atoms with Crippen LogP contribution in [0.5, 0.6) is 5.75 Å². The molecule has 5 N–H and O–H groups in total. The van der Waals surface area contributed by atoms with Gasteiger partial charge in [-0.15, -0.1) is 0 Å². The van der Waals surface area contributed by atoms with Crippen LogP contribution in [0.2, 0.25) is 0 Å². The first-order valence-electron chi connectivity index (χ1n) is 25.2. The van der Waals surface area contributed by atoms with Crippen molar-refractivity contribution in [3.63, 3.8) is 0 Å². The number of nitrogens with zero attached hydrogens (tertiary/aromatic N) is 3. The number of amides is 5. The highest BCUT2D eigenvalue weighted by Crippen LogP contribution is 2.55. The van der Waals surface area contributed by atoms with E-state index in [-0.39, 0.29) is 105 Å². The van der Waals surface area contributed by atoms with Crippen LogP contribution in [0.15, 0.2) is 59.4 Å². The highest BCUT2D eigenvalue weighted by molar-refractivity contribution is 5.97. The Morgan fingerprint density at radius 2 is 1.58 bits per heavy atom. The first-order valence-corrected chi connectivity index (χ1v) is 25.2. The summed E-state index contributed by atoms with van der Waals surface area (Å²) in [6, 6.07) is 3.83. The molecule has 3 aliphatic rings. The molecular formula is C52H70F5N7O12. The molecule has 0 spiro atoms. The van der Waals surface area contributed by atoms with Crippen LogP contribution in [-0.4, -0.2) is 162 Å². The van der Waals surface area contributed by atoms with Crippen LogP contribution in [0.25, 0.3) is 0 Å². The molecule has 3 heterocycles. The second-order valence-electron chi connectivity index (χ2n) is 18.8. The molecule has 1 saturated carbocycles. The summed E-state index contributed by atoms with van der Waals surface area (Å²) in [6.07, 6.45) is 3.58. The lowest BCUT2D eigenvalue weighted by molar-refractivity contribution is -0.272. The molecule has 24 heteroatoms. The van der Waals surface area contributed by atoms with E-state index >= 15 is 4.39 Å². The summed E-state index contributed by atoms with van der Waals surface area (Å²) in [6.45, 7) is 9.47. The lowest BCUT2D eigenvalue weighted by atomic mass is 9.77. The fourth-order valence-electron chi connectivity index (χ4n) is 9.37. The van der Waals surface area contributed by atoms with Crippen LogP contribution in [0.3, 0.4) is 0 Å². The maximum Gasteiger partial charge on any atom is 0.417 e. The van der Waals surface area contributed by atoms with Crippen molar-refractivity contribution in [2.24, 2.45) is 22.6 Å². The van der Waals surface area contributed by atoms with Crippen molar-refractivity contribution in [1.29, 1.82) is 0 Å². The summed E-state index contributed by atoms with van der Waals surface area (Å²) < 4.78 is 113. The number of alkyl halides is 3. The topological polar surface area (TPSA) is 241 Å². The van der Waals surface area contributed by atoms with Crippen LogP contribution in [0.1, 0.15) is 87.7 Å². The quantitative estimate of drug-likeness (QED) is 0.0335. The number of ether oxygens (including phenoxy) is 7. The predicted molar refractivity (Wildman–Crippen MR) is 267 cm³/mol. The number of pyridine rings is 1. The van der Waals surface area contributed by atoms with Crippen molar-refractivity contribution >= 4 is 41.9 Å². The standard InChI is InChI=1S/C52H70F5N7O12/c1-32(8-6-17-59-4)45-38(31-42(66)64(45)5)49(68)62-20-23-73-35-9-11-36(12-10-35)74-28-26-72-25-24-71-22-16-41(65)61-18-7-21-70-27-29-75-46-37(13-14-39(53)44(46)54)43-33(2)51(3,52(55,56)57)76-47(43)50(69)63-34-15-19-60-40(30-34)48(58)67/h6,8,13-15,17,19,30,33,35-36,38,43,45,47H,4,7,9-12,16,18,20-29,31H2,1-3,5H3,(H2,58,67)(H,61,65)(H,62,68)(H,60,63,69)/b17-6-,32-8+/t33-,35?,36?,38-,43-,45+,47+,51+/m0/s1. The van der Waals surface area contributed by atoms with Gasteiger partial charge in [0.2, 0.25) is 23.5 Å². The number of nitrogens with one attached hydrogen (secondary N) is 3. The molecule has 6 atom stereocenters. The second-order valence-corrected chi connectivity index (χ2v) is 18.8. The zero-order valence-corrected chi connectivity index (χ0v) is 43.3. The van der Waals surface area contributed by atoms with E-state index < -0.39 is 64.8 Å². The Morgan fingerprint density at radius 1 is 0.921 bits per heavy atom. The number of nitrogens with two attached hydrogens (primary N) is 1. The molecule has 1 aromatic heterocycles. The van der Waals surface area contributed by atoms with Gasteiger partial charge in [0.25, 0.3) is 11.8 Å². The molecule has 5 amide bonds. The molecule has 420 valence electrons. The van der Waals surface area contributed by atoms with Crippen LogP contribution < -0.4 is 26.4 Å². The Bertz CT molecular complexity index is 2350. The van der Waals surface area contributed by atoms with Gasteiger partial charge in [-0.1, -0.05) is 24.6 Å². The van der Waals surface area contributed by atoms with Crippen LogP contribution in [0.4, 0.5) is 27.6 Å². The maximum atomic E-state index is 15.4. The van der Waals surface area contributed by atoms with Gasteiger partial charge in [-0.2, -0.15) is 17.6 Å². The number of benzene rings is 1. The third kappa shape index (κ3) is 17.0. The van der Waals surface area contributed by atoms with Crippen LogP contribution in [0, 0.1) is 23.5 Å². The first kappa shape index (κ1) is 60.9. The minimum Gasteiger partial charge on any atom is -0.488 e. The largest absolute Gasteiger partial charge is 0.488 e. The molecule has 0 unspecified atom stereocenters. The minimum atomic E-state index is -4.98. The van der Waals surface area contributed by atoms with E-state index in [0.717, 1.165) is 62.6 Å². The average molecular weight is 1080 g/mol. The van der Waals surface area contributed by atoms with Gasteiger partial charge < -0.3 is 59.7 Å². The molecule has 76 heavy (non-hydrogen) atoms. The summed E-state index contributed by atoms with van der Waals surface area (Å²) in [5, 5.41) is 8.08. The predicted octanol–water partition coefficient (Wildman–Crippen LogP) is 5.33. The number of carbonyl (C=O) groups excluding carboxylic acids is 5. The smallest absolute Gasteiger partial charge is 0.417 e. The van der Waals surface area contributed by atoms with Crippen LogP contribution >= 0.6 is 0 Å². The normalized spacial score (nSPS) is 24.0. The Kier molecular flexibility index (Phi) is 23.7. The van der Waals surface area contributed by atoms with Crippen molar-refractivity contribution in [3.8, 4) is 5.75 Å². The molecule has 19 nitrogen and oxygen atoms in total. The minimum absolute atomic E-state index is 0.0221. The van der Waals surface area contributed by atoms with Crippen LogP contribution in [-0.2, 0) is 47.6 Å². The Labute approximate surface area is 438 Å². The highest BCUT2D eigenvalue weighted by Gasteiger charge is 2.66. The van der Waals surface area contributed by atoms with E-state index in [1.165, 1.54) is 13.0 Å². The van der Waals surface area contributed by atoms with Crippen molar-refractivity contribution in [1.82, 2.24) is 20.5 Å². The number of likely N-dealkylation sites (tertiary alicyclic amines) is 1. The fourth-order valence-corrected chi connectivity index (χ4v) is 9.37. The van der Waals surface area contributed by atoms with Crippen molar-refractivity contribution in [2.45, 2.75) is 108 Å². The van der Waals surface area contributed by atoms with E-state index in [1.807, 2.05) is 13.0 Å². The molecule has 2 aliphatic heterocycles. The summed E-state index contributed by atoms with van der Waals surface area (Å²) in [5.74, 6) is -9.50. The number of halogens is 5. The van der Waals surface area contributed by atoms with E-state index in [0.29, 0.717) is 39.4 Å². The van der Waals surface area contributed by atoms with Gasteiger partial charge in [0.1, 0.15) is 18.4 Å². The van der Waals surface area contributed by atoms with Gasteiger partial charge in [-0.3, -0.25) is 33.9 Å². The molecule has 3 fully saturated rings. The highest BCUT2D eigenvalue weighted by atomic mass is 19.4. The van der Waals surface area contributed by atoms with E-state index in [9.17, 15) is 41.5 Å². The molecule has 2 saturated heterocycles. The summed E-state index contributed by atoms with van der Waals surface area (Å²) in [4.78, 5) is 71.9. The summed E-state index contributed by atoms with van der Waals surface area (Å²) in [5.41, 5.74) is 2.76. The molecule has 2 aromatic rings. The van der Waals surface area contributed by atoms with Gasteiger partial charge in [0, 0.05) is 75.1 Å². The number of anilines is 1. The lowest BCUT2D eigenvalue weighted by Gasteiger charge is -2.32. The lowest BCUT2D eigenvalue weighted by Crippen LogP contribution is -2.47. The van der Waals surface area contributed by atoms with Crippen molar-refractivity contribution < 1.29 is 79.1 Å². The Hall–Kier alpha value is -5.92. The molecule has 0 bridgehead atoms.